The molecule has 0 unspecified atom stereocenters. The number of hydrogen-bond donors (Lipinski definition) is 1. The van der Waals surface area contributed by atoms with Gasteiger partial charge in [0, 0.05) is 39.3 Å². The smallest absolute Gasteiger partial charge is 0.322 e. The standard InChI is InChI=1S/C24H46N4O6.BrH/c1-22(2,3)32-19(29)16-26-11-10-25-28(18-21(31)34-24(7,8)9)15-14-27(13-12-26)17-20(30)33-23(4,5)6;/h25H,10-18H2,1-9H3;1H. The number of rotatable bonds is 6. The number of nitrogens with one attached hydrogen (secondary N) is 1. The first-order valence-corrected chi connectivity index (χ1v) is 12.0. The fourth-order valence-electron chi connectivity index (χ4n) is 3.31. The van der Waals surface area contributed by atoms with E-state index in [0.717, 1.165) is 0 Å². The molecule has 0 aromatic heterocycles. The van der Waals surface area contributed by atoms with E-state index in [0.29, 0.717) is 39.3 Å². The van der Waals surface area contributed by atoms with Crippen molar-refractivity contribution in [3.05, 3.63) is 0 Å². The van der Waals surface area contributed by atoms with Gasteiger partial charge < -0.3 is 14.2 Å². The molecule has 0 aliphatic carbocycles. The van der Waals surface area contributed by atoms with Crippen molar-refractivity contribution in [2.45, 2.75) is 79.1 Å². The number of hydrogen-bond acceptors (Lipinski definition) is 10. The molecule has 10 nitrogen and oxygen atoms in total. The molecule has 35 heavy (non-hydrogen) atoms. The van der Waals surface area contributed by atoms with Crippen molar-refractivity contribution in [3.63, 3.8) is 0 Å². The Hall–Kier alpha value is -1.27. The Morgan fingerprint density at radius 1 is 0.600 bits per heavy atom. The Labute approximate surface area is 221 Å². The van der Waals surface area contributed by atoms with Gasteiger partial charge in [0.15, 0.2) is 0 Å². The van der Waals surface area contributed by atoms with E-state index in [1.807, 2.05) is 72.1 Å². The monoisotopic (exact) mass is 566 g/mol. The van der Waals surface area contributed by atoms with Crippen molar-refractivity contribution >= 4 is 34.9 Å². The van der Waals surface area contributed by atoms with Gasteiger partial charge in [-0.2, -0.15) is 0 Å². The molecule has 0 amide bonds. The zero-order chi connectivity index (χ0) is 26.2. The number of hydrazine groups is 1. The summed E-state index contributed by atoms with van der Waals surface area (Å²) in [5.41, 5.74) is 1.57. The first-order valence-electron chi connectivity index (χ1n) is 12.0. The fraction of sp³-hybridized carbons (Fsp3) is 0.875. The van der Waals surface area contributed by atoms with Crippen molar-refractivity contribution in [3.8, 4) is 0 Å². The van der Waals surface area contributed by atoms with Gasteiger partial charge in [0.2, 0.25) is 0 Å². The number of esters is 3. The van der Waals surface area contributed by atoms with Gasteiger partial charge in [-0.3, -0.25) is 29.6 Å². The van der Waals surface area contributed by atoms with Gasteiger partial charge >= 0.3 is 17.9 Å². The maximum atomic E-state index is 12.5. The van der Waals surface area contributed by atoms with E-state index in [2.05, 4.69) is 5.43 Å². The van der Waals surface area contributed by atoms with E-state index in [4.69, 9.17) is 14.2 Å². The Morgan fingerprint density at radius 2 is 0.943 bits per heavy atom. The molecule has 1 fully saturated rings. The minimum absolute atomic E-state index is 0. The van der Waals surface area contributed by atoms with Crippen LogP contribution in [0.15, 0.2) is 0 Å². The summed E-state index contributed by atoms with van der Waals surface area (Å²) < 4.78 is 16.4. The predicted octanol–water partition coefficient (Wildman–Crippen LogP) is 2.01. The molecule has 0 aromatic carbocycles. The lowest BCUT2D eigenvalue weighted by Crippen LogP contribution is -2.53. The van der Waals surface area contributed by atoms with Gasteiger partial charge in [-0.05, 0) is 62.3 Å². The number of ether oxygens (including phenoxy) is 3. The second-order valence-electron chi connectivity index (χ2n) is 11.6. The minimum atomic E-state index is -0.568. The largest absolute Gasteiger partial charge is 0.459 e. The van der Waals surface area contributed by atoms with Gasteiger partial charge in [0.1, 0.15) is 23.3 Å². The van der Waals surface area contributed by atoms with Crippen molar-refractivity contribution in [1.29, 1.82) is 0 Å². The Balaban J connectivity index is 0.0000116. The van der Waals surface area contributed by atoms with E-state index in [9.17, 15) is 14.4 Å². The van der Waals surface area contributed by atoms with Gasteiger partial charge in [-0.15, -0.1) is 17.0 Å². The lowest BCUT2D eigenvalue weighted by molar-refractivity contribution is -0.159. The van der Waals surface area contributed by atoms with E-state index >= 15 is 0 Å². The normalized spacial score (nSPS) is 17.7. The highest BCUT2D eigenvalue weighted by molar-refractivity contribution is 8.93. The quantitative estimate of drug-likeness (QED) is 0.379. The highest BCUT2D eigenvalue weighted by atomic mass is 79.9. The zero-order valence-corrected chi connectivity index (χ0v) is 24.8. The highest BCUT2D eigenvalue weighted by Crippen LogP contribution is 2.10. The summed E-state index contributed by atoms with van der Waals surface area (Å²) in [4.78, 5) is 41.2. The highest BCUT2D eigenvalue weighted by Gasteiger charge is 2.25. The minimum Gasteiger partial charge on any atom is -0.459 e. The Kier molecular flexibility index (Phi) is 13.9. The molecule has 0 bridgehead atoms. The average Bonchev–Trinajstić information content (AvgIpc) is 2.58. The van der Waals surface area contributed by atoms with Crippen LogP contribution in [0.2, 0.25) is 0 Å². The van der Waals surface area contributed by atoms with Gasteiger partial charge in [-0.1, -0.05) is 0 Å². The van der Waals surface area contributed by atoms with E-state index < -0.39 is 16.8 Å². The van der Waals surface area contributed by atoms with Crippen LogP contribution < -0.4 is 5.43 Å². The molecule has 0 saturated carbocycles. The number of carbonyl (C=O) groups is 3. The van der Waals surface area contributed by atoms with Crippen LogP contribution in [0.3, 0.4) is 0 Å². The SMILES string of the molecule is Br.CC(C)(C)OC(=O)CN1CCNN(CC(=O)OC(C)(C)C)CCN(CC(=O)OC(C)(C)C)CC1. The van der Waals surface area contributed by atoms with Crippen LogP contribution in [0.1, 0.15) is 62.3 Å². The number of nitrogens with zero attached hydrogens (tertiary/aromatic N) is 3. The van der Waals surface area contributed by atoms with Crippen LogP contribution in [0.4, 0.5) is 0 Å². The summed E-state index contributed by atoms with van der Waals surface area (Å²) in [7, 11) is 0. The van der Waals surface area contributed by atoms with Gasteiger partial charge in [0.05, 0.1) is 13.1 Å². The average molecular weight is 568 g/mol. The van der Waals surface area contributed by atoms with Crippen molar-refractivity contribution in [2.24, 2.45) is 0 Å². The molecule has 11 heteroatoms. The van der Waals surface area contributed by atoms with Gasteiger partial charge in [0.25, 0.3) is 0 Å². The molecule has 0 spiro atoms. The molecular weight excluding hydrogens is 520 g/mol. The number of carbonyl (C=O) groups excluding carboxylic acids is 3. The van der Waals surface area contributed by atoms with Gasteiger partial charge in [-0.25, -0.2) is 5.01 Å². The Bertz CT molecular complexity index is 643. The molecular formula is C24H47BrN4O6. The molecule has 0 radical (unpaired) electrons. The van der Waals surface area contributed by atoms with E-state index in [1.54, 1.807) is 5.01 Å². The van der Waals surface area contributed by atoms with Crippen LogP contribution in [-0.2, 0) is 28.6 Å². The van der Waals surface area contributed by atoms with Crippen LogP contribution in [0, 0.1) is 0 Å². The molecule has 1 rings (SSSR count). The topological polar surface area (TPSA) is 101 Å². The summed E-state index contributed by atoms with van der Waals surface area (Å²) in [6.45, 7) is 20.2. The van der Waals surface area contributed by atoms with Crippen molar-refractivity contribution in [1.82, 2.24) is 20.2 Å². The van der Waals surface area contributed by atoms with Crippen molar-refractivity contribution in [2.75, 3.05) is 58.9 Å². The second-order valence-corrected chi connectivity index (χ2v) is 11.6. The molecule has 1 heterocycles. The third kappa shape index (κ3) is 17.7. The molecule has 1 aliphatic heterocycles. The molecule has 0 aromatic rings. The van der Waals surface area contributed by atoms with Crippen LogP contribution in [0.25, 0.3) is 0 Å². The van der Waals surface area contributed by atoms with Crippen LogP contribution in [-0.4, -0.2) is 108 Å². The van der Waals surface area contributed by atoms with Crippen LogP contribution in [0.5, 0.6) is 0 Å². The maximum absolute atomic E-state index is 12.5. The lowest BCUT2D eigenvalue weighted by atomic mass is 10.2. The maximum Gasteiger partial charge on any atom is 0.322 e. The van der Waals surface area contributed by atoms with Crippen LogP contribution >= 0.6 is 17.0 Å². The molecule has 206 valence electrons. The predicted molar refractivity (Wildman–Crippen MR) is 140 cm³/mol. The summed E-state index contributed by atoms with van der Waals surface area (Å²) in [6.07, 6.45) is 0. The fourth-order valence-corrected chi connectivity index (χ4v) is 3.31. The molecule has 0 atom stereocenters. The summed E-state index contributed by atoms with van der Waals surface area (Å²) in [5, 5.41) is 1.80. The summed E-state index contributed by atoms with van der Waals surface area (Å²) >= 11 is 0. The first kappa shape index (κ1) is 33.7. The third-order valence-electron chi connectivity index (χ3n) is 4.47. The first-order chi connectivity index (χ1) is 15.4. The summed E-state index contributed by atoms with van der Waals surface area (Å²) in [5.74, 6) is -0.940. The Morgan fingerprint density at radius 3 is 1.34 bits per heavy atom. The number of halogens is 1. The molecule has 1 aliphatic rings. The molecule has 1 N–H and O–H groups in total. The summed E-state index contributed by atoms with van der Waals surface area (Å²) in [6, 6.07) is 0. The lowest BCUT2D eigenvalue weighted by Gasteiger charge is -2.33. The van der Waals surface area contributed by atoms with Crippen molar-refractivity contribution < 1.29 is 28.6 Å². The zero-order valence-electron chi connectivity index (χ0n) is 23.1. The second kappa shape index (κ2) is 14.5. The third-order valence-corrected chi connectivity index (χ3v) is 4.47. The van der Waals surface area contributed by atoms with E-state index in [1.165, 1.54) is 0 Å². The van der Waals surface area contributed by atoms with E-state index in [-0.39, 0.29) is 54.5 Å². The molecule has 1 saturated heterocycles.